The minimum absolute atomic E-state index is 0.712. The lowest BCUT2D eigenvalue weighted by molar-refractivity contribution is 0.460. The molecule has 0 unspecified atom stereocenters. The van der Waals surface area contributed by atoms with Crippen molar-refractivity contribution in [3.05, 3.63) is 78.4 Å². The first-order chi connectivity index (χ1) is 10.7. The molecule has 2 N–H and O–H groups in total. The zero-order valence-corrected chi connectivity index (χ0v) is 12.3. The monoisotopic (exact) mass is 291 g/mol. The standard InChI is InChI=1S/C19H17NO2/c1-14-5-9-16(10-6-14)21-18-3-2-4-19(13-18)22-17-11-7-15(20)8-12-17/h2-13H,20H2,1H3. The van der Waals surface area contributed by atoms with Crippen LogP contribution in [0.1, 0.15) is 5.56 Å². The Labute approximate surface area is 129 Å². The van der Waals surface area contributed by atoms with Crippen LogP contribution >= 0.6 is 0 Å². The second-order valence-corrected chi connectivity index (χ2v) is 5.06. The zero-order chi connectivity index (χ0) is 15.4. The number of benzene rings is 3. The fraction of sp³-hybridized carbons (Fsp3) is 0.0526. The van der Waals surface area contributed by atoms with Crippen LogP contribution in [0.3, 0.4) is 0 Å². The first-order valence-electron chi connectivity index (χ1n) is 7.07. The van der Waals surface area contributed by atoms with Gasteiger partial charge in [0.1, 0.15) is 23.0 Å². The first-order valence-corrected chi connectivity index (χ1v) is 7.07. The Morgan fingerprint density at radius 2 is 1.14 bits per heavy atom. The summed E-state index contributed by atoms with van der Waals surface area (Å²) in [7, 11) is 0. The molecule has 0 radical (unpaired) electrons. The molecule has 3 nitrogen and oxygen atoms in total. The Kier molecular flexibility index (Phi) is 3.97. The van der Waals surface area contributed by atoms with Gasteiger partial charge < -0.3 is 15.2 Å². The van der Waals surface area contributed by atoms with Crippen molar-refractivity contribution >= 4 is 5.69 Å². The molecule has 0 aliphatic heterocycles. The van der Waals surface area contributed by atoms with Gasteiger partial charge in [-0.1, -0.05) is 23.8 Å². The smallest absolute Gasteiger partial charge is 0.131 e. The third-order valence-electron chi connectivity index (χ3n) is 3.18. The number of nitrogen functional groups attached to an aromatic ring is 1. The topological polar surface area (TPSA) is 44.5 Å². The minimum atomic E-state index is 0.712. The molecule has 0 aromatic heterocycles. The summed E-state index contributed by atoms with van der Waals surface area (Å²) in [6.07, 6.45) is 0. The van der Waals surface area contributed by atoms with Crippen molar-refractivity contribution in [1.29, 1.82) is 0 Å². The summed E-state index contributed by atoms with van der Waals surface area (Å²) >= 11 is 0. The Balaban J connectivity index is 1.74. The molecule has 3 aromatic rings. The molecule has 0 fully saturated rings. The van der Waals surface area contributed by atoms with E-state index in [4.69, 9.17) is 15.2 Å². The Bertz CT molecular complexity index is 686. The summed E-state index contributed by atoms with van der Waals surface area (Å²) in [5.41, 5.74) is 7.58. The van der Waals surface area contributed by atoms with E-state index < -0.39 is 0 Å². The van der Waals surface area contributed by atoms with Crippen LogP contribution in [0.4, 0.5) is 5.69 Å². The van der Waals surface area contributed by atoms with Crippen LogP contribution < -0.4 is 15.2 Å². The number of nitrogens with two attached hydrogens (primary N) is 1. The van der Waals surface area contributed by atoms with Crippen molar-refractivity contribution in [1.82, 2.24) is 0 Å². The van der Waals surface area contributed by atoms with Gasteiger partial charge in [-0.3, -0.25) is 0 Å². The molecule has 0 atom stereocenters. The van der Waals surface area contributed by atoms with Crippen LogP contribution in [0.15, 0.2) is 72.8 Å². The van der Waals surface area contributed by atoms with Gasteiger partial charge in [-0.25, -0.2) is 0 Å². The number of hydrogen-bond donors (Lipinski definition) is 1. The number of ether oxygens (including phenoxy) is 2. The molecule has 3 rings (SSSR count). The average Bonchev–Trinajstić information content (AvgIpc) is 2.52. The summed E-state index contributed by atoms with van der Waals surface area (Å²) < 4.78 is 11.6. The van der Waals surface area contributed by atoms with Crippen molar-refractivity contribution in [2.75, 3.05) is 5.73 Å². The van der Waals surface area contributed by atoms with Crippen LogP contribution in [0, 0.1) is 6.92 Å². The molecule has 0 spiro atoms. The third kappa shape index (κ3) is 3.58. The lowest BCUT2D eigenvalue weighted by atomic mass is 10.2. The molecular formula is C19H17NO2. The second kappa shape index (κ2) is 6.22. The van der Waals surface area contributed by atoms with Gasteiger partial charge in [-0.15, -0.1) is 0 Å². The molecular weight excluding hydrogens is 274 g/mol. The highest BCUT2D eigenvalue weighted by Gasteiger charge is 2.01. The average molecular weight is 291 g/mol. The molecule has 110 valence electrons. The Hall–Kier alpha value is -2.94. The minimum Gasteiger partial charge on any atom is -0.457 e. The molecule has 0 saturated heterocycles. The summed E-state index contributed by atoms with van der Waals surface area (Å²) in [6.45, 7) is 2.05. The highest BCUT2D eigenvalue weighted by atomic mass is 16.5. The molecule has 22 heavy (non-hydrogen) atoms. The largest absolute Gasteiger partial charge is 0.457 e. The van der Waals surface area contributed by atoms with Gasteiger partial charge in [0, 0.05) is 11.8 Å². The maximum Gasteiger partial charge on any atom is 0.131 e. The lowest BCUT2D eigenvalue weighted by Crippen LogP contribution is -1.88. The summed E-state index contributed by atoms with van der Waals surface area (Å²) in [4.78, 5) is 0. The fourth-order valence-corrected chi connectivity index (χ4v) is 2.02. The maximum absolute atomic E-state index is 5.83. The van der Waals surface area contributed by atoms with E-state index >= 15 is 0 Å². The SMILES string of the molecule is Cc1ccc(Oc2cccc(Oc3ccc(N)cc3)c2)cc1. The molecule has 0 aliphatic rings. The second-order valence-electron chi connectivity index (χ2n) is 5.06. The summed E-state index contributed by atoms with van der Waals surface area (Å²) in [5.74, 6) is 2.99. The summed E-state index contributed by atoms with van der Waals surface area (Å²) in [6, 6.07) is 22.8. The highest BCUT2D eigenvalue weighted by Crippen LogP contribution is 2.28. The van der Waals surface area contributed by atoms with Gasteiger partial charge in [-0.05, 0) is 55.5 Å². The molecule has 0 aliphatic carbocycles. The quantitative estimate of drug-likeness (QED) is 0.675. The van der Waals surface area contributed by atoms with Gasteiger partial charge in [-0.2, -0.15) is 0 Å². The fourth-order valence-electron chi connectivity index (χ4n) is 2.02. The van der Waals surface area contributed by atoms with E-state index in [0.29, 0.717) is 5.69 Å². The van der Waals surface area contributed by atoms with Gasteiger partial charge in [0.05, 0.1) is 0 Å². The van der Waals surface area contributed by atoms with Crippen LogP contribution in [0.25, 0.3) is 0 Å². The van der Waals surface area contributed by atoms with E-state index in [1.807, 2.05) is 79.7 Å². The van der Waals surface area contributed by atoms with Crippen molar-refractivity contribution in [3.63, 3.8) is 0 Å². The van der Waals surface area contributed by atoms with E-state index in [0.717, 1.165) is 23.0 Å². The van der Waals surface area contributed by atoms with Crippen molar-refractivity contribution in [2.45, 2.75) is 6.92 Å². The Morgan fingerprint density at radius 3 is 1.68 bits per heavy atom. The maximum atomic E-state index is 5.83. The molecule has 0 amide bonds. The highest BCUT2D eigenvalue weighted by molar-refractivity contribution is 5.44. The lowest BCUT2D eigenvalue weighted by Gasteiger charge is -2.09. The van der Waals surface area contributed by atoms with Gasteiger partial charge in [0.25, 0.3) is 0 Å². The molecule has 0 bridgehead atoms. The van der Waals surface area contributed by atoms with Crippen molar-refractivity contribution in [3.8, 4) is 23.0 Å². The van der Waals surface area contributed by atoms with Crippen molar-refractivity contribution in [2.24, 2.45) is 0 Å². The van der Waals surface area contributed by atoms with E-state index in [9.17, 15) is 0 Å². The normalized spacial score (nSPS) is 10.2. The van der Waals surface area contributed by atoms with Gasteiger partial charge in [0.2, 0.25) is 0 Å². The zero-order valence-electron chi connectivity index (χ0n) is 12.3. The molecule has 3 aromatic carbocycles. The van der Waals surface area contributed by atoms with Crippen LogP contribution in [0.5, 0.6) is 23.0 Å². The van der Waals surface area contributed by atoms with Gasteiger partial charge >= 0.3 is 0 Å². The number of rotatable bonds is 4. The number of hydrogen-bond acceptors (Lipinski definition) is 3. The van der Waals surface area contributed by atoms with Gasteiger partial charge in [0.15, 0.2) is 0 Å². The molecule has 0 heterocycles. The number of anilines is 1. The molecule has 3 heteroatoms. The van der Waals surface area contributed by atoms with E-state index in [1.165, 1.54) is 5.56 Å². The summed E-state index contributed by atoms with van der Waals surface area (Å²) in [5, 5.41) is 0. The van der Waals surface area contributed by atoms with Crippen LogP contribution in [-0.4, -0.2) is 0 Å². The number of aryl methyl sites for hydroxylation is 1. The van der Waals surface area contributed by atoms with Crippen LogP contribution in [0.2, 0.25) is 0 Å². The van der Waals surface area contributed by atoms with E-state index in [1.54, 1.807) is 0 Å². The van der Waals surface area contributed by atoms with Crippen molar-refractivity contribution < 1.29 is 9.47 Å². The molecule has 0 saturated carbocycles. The van der Waals surface area contributed by atoms with Crippen LogP contribution in [-0.2, 0) is 0 Å². The predicted octanol–water partition coefficient (Wildman–Crippen LogP) is 5.16. The van der Waals surface area contributed by atoms with E-state index in [-0.39, 0.29) is 0 Å². The van der Waals surface area contributed by atoms with E-state index in [2.05, 4.69) is 0 Å². The third-order valence-corrected chi connectivity index (χ3v) is 3.18. The predicted molar refractivity (Wildman–Crippen MR) is 88.6 cm³/mol. The first kappa shape index (κ1) is 14.0. The Morgan fingerprint density at radius 1 is 0.636 bits per heavy atom.